The highest BCUT2D eigenvalue weighted by Crippen LogP contribution is 2.08. The molecule has 0 radical (unpaired) electrons. The van der Waals surface area contributed by atoms with Gasteiger partial charge in [-0.05, 0) is 36.4 Å². The van der Waals surface area contributed by atoms with Crippen molar-refractivity contribution < 1.29 is 4.39 Å². The number of rotatable bonds is 3. The molecule has 1 N–H and O–H groups in total. The van der Waals surface area contributed by atoms with Crippen LogP contribution in [0, 0.1) is 17.1 Å². The number of hydrogen-bond acceptors (Lipinski definition) is 4. The summed E-state index contributed by atoms with van der Waals surface area (Å²) in [6.45, 7) is 0. The van der Waals surface area contributed by atoms with Crippen molar-refractivity contribution in [3.05, 3.63) is 60.2 Å². The number of nitriles is 1. The van der Waals surface area contributed by atoms with E-state index in [1.165, 1.54) is 24.3 Å². The highest BCUT2D eigenvalue weighted by molar-refractivity contribution is 6.10. The van der Waals surface area contributed by atoms with Crippen molar-refractivity contribution in [2.75, 3.05) is 5.43 Å². The van der Waals surface area contributed by atoms with E-state index < -0.39 is 0 Å². The maximum absolute atomic E-state index is 12.7. The van der Waals surface area contributed by atoms with Crippen molar-refractivity contribution in [2.24, 2.45) is 5.10 Å². The van der Waals surface area contributed by atoms with Crippen molar-refractivity contribution in [1.29, 1.82) is 5.26 Å². The molecule has 88 valence electrons. The number of halogens is 1. The Balaban J connectivity index is 2.17. The summed E-state index contributed by atoms with van der Waals surface area (Å²) >= 11 is 0. The first kappa shape index (κ1) is 11.7. The van der Waals surface area contributed by atoms with Gasteiger partial charge in [0.25, 0.3) is 0 Å². The molecule has 0 saturated carbocycles. The first-order valence-corrected chi connectivity index (χ1v) is 5.20. The minimum absolute atomic E-state index is 0.167. The van der Waals surface area contributed by atoms with E-state index in [0.717, 1.165) is 0 Å². The van der Waals surface area contributed by atoms with E-state index in [1.807, 2.05) is 6.07 Å². The Bertz CT molecular complexity index is 585. The number of nitrogens with zero attached hydrogens (tertiary/aromatic N) is 3. The maximum atomic E-state index is 12.7. The Morgan fingerprint density at radius 3 is 2.61 bits per heavy atom. The molecule has 0 spiro atoms. The molecule has 5 heteroatoms. The van der Waals surface area contributed by atoms with Gasteiger partial charge in [-0.15, -0.1) is 0 Å². The average molecular weight is 240 g/mol. The lowest BCUT2D eigenvalue weighted by molar-refractivity contribution is 0.628. The van der Waals surface area contributed by atoms with Gasteiger partial charge in [0, 0.05) is 6.20 Å². The first-order valence-electron chi connectivity index (χ1n) is 5.20. The second-order valence-corrected chi connectivity index (χ2v) is 3.41. The molecule has 0 fully saturated rings. The van der Waals surface area contributed by atoms with Crippen LogP contribution in [0.15, 0.2) is 53.8 Å². The molecule has 1 heterocycles. The Hall–Kier alpha value is -2.74. The third kappa shape index (κ3) is 2.89. The van der Waals surface area contributed by atoms with Gasteiger partial charge in [-0.2, -0.15) is 10.4 Å². The molecule has 0 unspecified atom stereocenters. The summed E-state index contributed by atoms with van der Waals surface area (Å²) in [4.78, 5) is 4.02. The summed E-state index contributed by atoms with van der Waals surface area (Å²) in [6, 6.07) is 12.9. The fraction of sp³-hybridized carbons (Fsp3) is 0. The monoisotopic (exact) mass is 240 g/mol. The quantitative estimate of drug-likeness (QED) is 0.662. The van der Waals surface area contributed by atoms with Gasteiger partial charge < -0.3 is 0 Å². The van der Waals surface area contributed by atoms with Crippen LogP contribution in [0.25, 0.3) is 0 Å². The Morgan fingerprint density at radius 2 is 2.00 bits per heavy atom. The zero-order valence-electron chi connectivity index (χ0n) is 9.34. The van der Waals surface area contributed by atoms with Gasteiger partial charge in [0.2, 0.25) is 0 Å². The van der Waals surface area contributed by atoms with Gasteiger partial charge in [-0.3, -0.25) is 10.4 Å². The molecule has 18 heavy (non-hydrogen) atoms. The molecule has 1 aromatic carbocycles. The molecular formula is C13H9FN4. The van der Waals surface area contributed by atoms with Gasteiger partial charge in [0.15, 0.2) is 5.71 Å². The molecule has 0 aliphatic rings. The largest absolute Gasteiger partial charge is 0.277 e. The van der Waals surface area contributed by atoms with Gasteiger partial charge in [0.1, 0.15) is 17.6 Å². The Morgan fingerprint density at radius 1 is 1.22 bits per heavy atom. The lowest BCUT2D eigenvalue weighted by Gasteiger charge is -2.01. The van der Waals surface area contributed by atoms with Crippen LogP contribution in [-0.2, 0) is 0 Å². The van der Waals surface area contributed by atoms with Crippen molar-refractivity contribution in [3.8, 4) is 6.07 Å². The summed E-state index contributed by atoms with van der Waals surface area (Å²) in [5.41, 5.74) is 3.93. The van der Waals surface area contributed by atoms with Crippen LogP contribution in [0.1, 0.15) is 5.69 Å². The molecule has 0 saturated heterocycles. The summed E-state index contributed by atoms with van der Waals surface area (Å²) in [6.07, 6.45) is 1.58. The number of nitrogens with one attached hydrogen (secondary N) is 1. The molecule has 0 amide bonds. The number of hydrazone groups is 1. The van der Waals surface area contributed by atoms with Crippen molar-refractivity contribution in [3.63, 3.8) is 0 Å². The number of aromatic nitrogens is 1. The molecular weight excluding hydrogens is 231 g/mol. The predicted molar refractivity (Wildman–Crippen MR) is 66.4 cm³/mol. The fourth-order valence-electron chi connectivity index (χ4n) is 1.29. The second-order valence-electron chi connectivity index (χ2n) is 3.41. The lowest BCUT2D eigenvalue weighted by atomic mass is 10.2. The van der Waals surface area contributed by atoms with Gasteiger partial charge in [-0.1, -0.05) is 6.07 Å². The summed E-state index contributed by atoms with van der Waals surface area (Å²) < 4.78 is 12.7. The SMILES string of the molecule is N#C/C(=N\Nc1ccc(F)cc1)c1ccccn1. The van der Waals surface area contributed by atoms with Gasteiger partial charge >= 0.3 is 0 Å². The van der Waals surface area contributed by atoms with E-state index in [4.69, 9.17) is 5.26 Å². The third-order valence-corrected chi connectivity index (χ3v) is 2.15. The molecule has 2 rings (SSSR count). The molecule has 2 aromatic rings. The van der Waals surface area contributed by atoms with E-state index in [9.17, 15) is 4.39 Å². The highest BCUT2D eigenvalue weighted by Gasteiger charge is 2.02. The third-order valence-electron chi connectivity index (χ3n) is 2.15. The first-order chi connectivity index (χ1) is 8.79. The average Bonchev–Trinajstić information content (AvgIpc) is 2.43. The smallest absolute Gasteiger partial charge is 0.186 e. The molecule has 0 atom stereocenters. The lowest BCUT2D eigenvalue weighted by Crippen LogP contribution is -2.03. The van der Waals surface area contributed by atoms with Crippen molar-refractivity contribution in [1.82, 2.24) is 4.98 Å². The van der Waals surface area contributed by atoms with Gasteiger partial charge in [-0.25, -0.2) is 4.39 Å². The Labute approximate surface area is 103 Å². The molecule has 0 bridgehead atoms. The normalized spacial score (nSPS) is 10.8. The molecule has 1 aromatic heterocycles. The number of benzene rings is 1. The molecule has 4 nitrogen and oxygen atoms in total. The van der Waals surface area contributed by atoms with Crippen molar-refractivity contribution in [2.45, 2.75) is 0 Å². The van der Waals surface area contributed by atoms with Gasteiger partial charge in [0.05, 0.1) is 5.69 Å². The number of anilines is 1. The topological polar surface area (TPSA) is 61.1 Å². The van der Waals surface area contributed by atoms with E-state index in [2.05, 4.69) is 15.5 Å². The predicted octanol–water partition coefficient (Wildman–Crippen LogP) is 2.56. The van der Waals surface area contributed by atoms with Crippen LogP contribution >= 0.6 is 0 Å². The van der Waals surface area contributed by atoms with Crippen LogP contribution in [0.5, 0.6) is 0 Å². The van der Waals surface area contributed by atoms with Crippen LogP contribution in [0.2, 0.25) is 0 Å². The zero-order valence-corrected chi connectivity index (χ0v) is 9.34. The van der Waals surface area contributed by atoms with E-state index in [-0.39, 0.29) is 11.5 Å². The summed E-state index contributed by atoms with van der Waals surface area (Å²) in [5.74, 6) is -0.324. The van der Waals surface area contributed by atoms with Crippen molar-refractivity contribution >= 4 is 11.4 Å². The fourth-order valence-corrected chi connectivity index (χ4v) is 1.29. The molecule has 0 aliphatic carbocycles. The number of hydrogen-bond donors (Lipinski definition) is 1. The van der Waals surface area contributed by atoms with E-state index >= 15 is 0 Å². The Kier molecular flexibility index (Phi) is 3.62. The van der Waals surface area contributed by atoms with Crippen LogP contribution in [-0.4, -0.2) is 10.7 Å². The highest BCUT2D eigenvalue weighted by atomic mass is 19.1. The van der Waals surface area contributed by atoms with E-state index in [1.54, 1.807) is 24.4 Å². The van der Waals surface area contributed by atoms with E-state index in [0.29, 0.717) is 11.4 Å². The van der Waals surface area contributed by atoms with Crippen LogP contribution in [0.4, 0.5) is 10.1 Å². The second kappa shape index (κ2) is 5.55. The number of pyridine rings is 1. The molecule has 0 aliphatic heterocycles. The standard InChI is InChI=1S/C13H9FN4/c14-10-4-6-11(7-5-10)17-18-13(9-15)12-3-1-2-8-16-12/h1-8,17H/b18-13+. The minimum atomic E-state index is -0.324. The summed E-state index contributed by atoms with van der Waals surface area (Å²) in [7, 11) is 0. The zero-order chi connectivity index (χ0) is 12.8. The maximum Gasteiger partial charge on any atom is 0.186 e. The summed E-state index contributed by atoms with van der Waals surface area (Å²) in [5, 5.41) is 12.9. The minimum Gasteiger partial charge on any atom is -0.277 e. The van der Waals surface area contributed by atoms with Crippen LogP contribution < -0.4 is 5.43 Å². The van der Waals surface area contributed by atoms with Crippen LogP contribution in [0.3, 0.4) is 0 Å².